The van der Waals surface area contributed by atoms with Gasteiger partial charge in [0.15, 0.2) is 0 Å². The molecule has 0 spiro atoms. The highest BCUT2D eigenvalue weighted by Gasteiger charge is 2.07. The summed E-state index contributed by atoms with van der Waals surface area (Å²) in [7, 11) is 0. The van der Waals surface area contributed by atoms with E-state index in [9.17, 15) is 0 Å². The van der Waals surface area contributed by atoms with Gasteiger partial charge < -0.3 is 5.73 Å². The van der Waals surface area contributed by atoms with E-state index in [1.807, 2.05) is 39.8 Å². The first-order valence-corrected chi connectivity index (χ1v) is 6.50. The van der Waals surface area contributed by atoms with Gasteiger partial charge in [0.2, 0.25) is 0 Å². The number of hydrogen-bond donors (Lipinski definition) is 3. The Morgan fingerprint density at radius 1 is 1.05 bits per heavy atom. The van der Waals surface area contributed by atoms with Gasteiger partial charge in [0.25, 0.3) is 5.96 Å². The maximum Gasteiger partial charge on any atom is 0.354 e. The molecule has 0 saturated heterocycles. The smallest absolute Gasteiger partial charge is 0.322 e. The van der Waals surface area contributed by atoms with Gasteiger partial charge in [0.1, 0.15) is 0 Å². The molecule has 0 amide bonds. The van der Waals surface area contributed by atoms with E-state index in [-0.39, 0.29) is 0 Å². The van der Waals surface area contributed by atoms with Crippen LogP contribution >= 0.6 is 0 Å². The minimum atomic E-state index is 0.406. The maximum absolute atomic E-state index is 5.97. The molecule has 0 bridgehead atoms. The number of anilines is 1. The summed E-state index contributed by atoms with van der Waals surface area (Å²) in [5, 5.41) is 3.14. The Kier molecular flexibility index (Phi) is 3.98. The zero-order chi connectivity index (χ0) is 14.7. The highest BCUT2D eigenvalue weighted by atomic mass is 15.2. The molecule has 0 saturated carbocycles. The second kappa shape index (κ2) is 5.69. The van der Waals surface area contributed by atoms with Crippen LogP contribution in [0.4, 0.5) is 11.6 Å². The average Bonchev–Trinajstić information content (AvgIpc) is 2.32. The molecule has 104 valence electrons. The Hall–Kier alpha value is -2.43. The van der Waals surface area contributed by atoms with Crippen molar-refractivity contribution in [2.75, 3.05) is 5.32 Å². The monoisotopic (exact) mass is 270 g/mol. The predicted octanol–water partition coefficient (Wildman–Crippen LogP) is 0.849. The van der Waals surface area contributed by atoms with E-state index in [2.05, 4.69) is 32.4 Å². The van der Waals surface area contributed by atoms with Crippen LogP contribution in [0.2, 0.25) is 0 Å². The summed E-state index contributed by atoms with van der Waals surface area (Å²) in [6.45, 7) is 7.92. The van der Waals surface area contributed by atoms with Crippen LogP contribution in [-0.2, 0) is 0 Å². The molecule has 20 heavy (non-hydrogen) atoms. The molecule has 2 aromatic rings. The van der Waals surface area contributed by atoms with Crippen LogP contribution < -0.4 is 16.0 Å². The highest BCUT2D eigenvalue weighted by Crippen LogP contribution is 2.15. The molecule has 4 N–H and O–H groups in total. The van der Waals surface area contributed by atoms with Crippen molar-refractivity contribution in [1.29, 1.82) is 0 Å². The number of guanidine groups is 1. The zero-order valence-corrected chi connectivity index (χ0v) is 12.3. The van der Waals surface area contributed by atoms with Crippen molar-refractivity contribution in [3.63, 3.8) is 0 Å². The van der Waals surface area contributed by atoms with Crippen molar-refractivity contribution in [3.8, 4) is 0 Å². The van der Waals surface area contributed by atoms with Crippen molar-refractivity contribution < 1.29 is 4.99 Å². The lowest BCUT2D eigenvalue weighted by atomic mass is 10.1. The predicted molar refractivity (Wildman–Crippen MR) is 80.9 cm³/mol. The van der Waals surface area contributed by atoms with Crippen LogP contribution in [0.5, 0.6) is 0 Å². The van der Waals surface area contributed by atoms with Crippen LogP contribution in [0, 0.1) is 27.7 Å². The van der Waals surface area contributed by atoms with Gasteiger partial charge in [-0.2, -0.15) is 0 Å². The van der Waals surface area contributed by atoms with Crippen molar-refractivity contribution in [3.05, 3.63) is 46.8 Å². The summed E-state index contributed by atoms with van der Waals surface area (Å²) >= 11 is 0. The maximum atomic E-state index is 5.97. The van der Waals surface area contributed by atoms with E-state index >= 15 is 0 Å². The Morgan fingerprint density at radius 3 is 2.35 bits per heavy atom. The molecule has 0 aliphatic carbocycles. The summed E-state index contributed by atoms with van der Waals surface area (Å²) in [6, 6.07) is 8.08. The fourth-order valence-electron chi connectivity index (χ4n) is 1.95. The number of nitrogens with one attached hydrogen (secondary N) is 2. The summed E-state index contributed by atoms with van der Waals surface area (Å²) in [5.74, 6) is 0.904. The molecule has 0 fully saturated rings. The van der Waals surface area contributed by atoms with Gasteiger partial charge in [-0.25, -0.2) is 4.99 Å². The lowest BCUT2D eigenvalue weighted by Gasteiger charge is -2.06. The molecule has 0 atom stereocenters. The number of nitrogens with two attached hydrogens (primary N) is 1. The Bertz CT molecular complexity index is 641. The van der Waals surface area contributed by atoms with Crippen molar-refractivity contribution >= 4 is 17.6 Å². The van der Waals surface area contributed by atoms with Gasteiger partial charge in [-0.3, -0.25) is 5.32 Å². The molecule has 1 heterocycles. The first-order chi connectivity index (χ1) is 9.44. The topological polar surface area (TPSA) is 77.8 Å². The lowest BCUT2D eigenvalue weighted by Crippen LogP contribution is -2.72. The molecule has 2 rings (SSSR count). The van der Waals surface area contributed by atoms with Crippen LogP contribution in [-0.4, -0.2) is 15.9 Å². The fraction of sp³-hybridized carbons (Fsp3) is 0.267. The van der Waals surface area contributed by atoms with Crippen molar-refractivity contribution in [1.82, 2.24) is 9.97 Å². The van der Waals surface area contributed by atoms with E-state index in [0.717, 1.165) is 22.6 Å². The molecular formula is C15H20N5+. The van der Waals surface area contributed by atoms with E-state index in [1.54, 1.807) is 0 Å². The Morgan fingerprint density at radius 2 is 1.70 bits per heavy atom. The number of nitrogens with zero attached hydrogens (tertiary/aromatic N) is 2. The third-order valence-electron chi connectivity index (χ3n) is 2.89. The molecular weight excluding hydrogens is 250 g/mol. The Balaban J connectivity index is 2.24. The second-order valence-electron chi connectivity index (χ2n) is 4.96. The lowest BCUT2D eigenvalue weighted by molar-refractivity contribution is -0.365. The van der Waals surface area contributed by atoms with Crippen LogP contribution in [0.15, 0.2) is 24.3 Å². The van der Waals surface area contributed by atoms with Crippen LogP contribution in [0.3, 0.4) is 0 Å². The second-order valence-corrected chi connectivity index (χ2v) is 4.96. The number of rotatable bonds is 2. The molecule has 5 nitrogen and oxygen atoms in total. The van der Waals surface area contributed by atoms with Crippen molar-refractivity contribution in [2.24, 2.45) is 5.73 Å². The molecule has 0 aliphatic heterocycles. The highest BCUT2D eigenvalue weighted by molar-refractivity contribution is 5.89. The Labute approximate surface area is 119 Å². The molecule has 0 unspecified atom stereocenters. The molecule has 0 aliphatic rings. The van der Waals surface area contributed by atoms with Gasteiger partial charge in [-0.05, 0) is 44.9 Å². The summed E-state index contributed by atoms with van der Waals surface area (Å²) < 4.78 is 0. The normalized spacial score (nSPS) is 11.5. The fourth-order valence-corrected chi connectivity index (χ4v) is 1.95. The van der Waals surface area contributed by atoms with E-state index in [0.29, 0.717) is 11.9 Å². The van der Waals surface area contributed by atoms with Crippen LogP contribution in [0.25, 0.3) is 0 Å². The number of hydrogen-bond acceptors (Lipinski definition) is 2. The standard InChI is InChI=1S/C15H19N5/c1-9-5-6-10(2)13(7-9)19-14(16)20-15-17-11(3)8-12(4)18-15/h5-8H,1-4H3,(H3,16,17,18,19,20)/p+1. The summed E-state index contributed by atoms with van der Waals surface area (Å²) in [6.07, 6.45) is 0. The van der Waals surface area contributed by atoms with Gasteiger partial charge in [-0.15, -0.1) is 9.97 Å². The molecule has 0 radical (unpaired) electrons. The third-order valence-corrected chi connectivity index (χ3v) is 2.89. The largest absolute Gasteiger partial charge is 0.354 e. The molecule has 5 heteroatoms. The van der Waals surface area contributed by atoms with E-state index in [4.69, 9.17) is 5.73 Å². The minimum Gasteiger partial charge on any atom is -0.322 e. The van der Waals surface area contributed by atoms with Gasteiger partial charge in [0, 0.05) is 6.07 Å². The van der Waals surface area contributed by atoms with Crippen LogP contribution in [0.1, 0.15) is 22.5 Å². The number of benzene rings is 1. The summed E-state index contributed by atoms with van der Waals surface area (Å²) in [4.78, 5) is 11.6. The summed E-state index contributed by atoms with van der Waals surface area (Å²) in [5.41, 5.74) is 11.0. The van der Waals surface area contributed by atoms with E-state index in [1.165, 1.54) is 5.56 Å². The van der Waals surface area contributed by atoms with Gasteiger partial charge >= 0.3 is 5.95 Å². The molecule has 1 aromatic heterocycles. The first-order valence-electron chi connectivity index (χ1n) is 6.50. The van der Waals surface area contributed by atoms with Gasteiger partial charge in [0.05, 0.1) is 17.1 Å². The SMILES string of the molecule is Cc1ccc(C)c(NC(N)=[NH+]c2nc(C)cc(C)n2)c1. The van der Waals surface area contributed by atoms with Crippen molar-refractivity contribution in [2.45, 2.75) is 27.7 Å². The molecule has 1 aromatic carbocycles. The van der Waals surface area contributed by atoms with E-state index < -0.39 is 0 Å². The quantitative estimate of drug-likeness (QED) is 0.558. The van der Waals surface area contributed by atoms with Gasteiger partial charge in [-0.1, -0.05) is 12.1 Å². The minimum absolute atomic E-state index is 0.406. The third kappa shape index (κ3) is 3.54. The zero-order valence-electron chi connectivity index (χ0n) is 12.3. The number of aromatic nitrogens is 2. The number of aryl methyl sites for hydroxylation is 4. The average molecular weight is 270 g/mol. The first kappa shape index (κ1) is 14.0.